The zero-order valence-corrected chi connectivity index (χ0v) is 16.1. The van der Waals surface area contributed by atoms with E-state index in [2.05, 4.69) is 28.3 Å². The van der Waals surface area contributed by atoms with Crippen LogP contribution in [0.5, 0.6) is 5.75 Å². The number of hydrogen-bond donors (Lipinski definition) is 1. The highest BCUT2D eigenvalue weighted by molar-refractivity contribution is 6.05. The molecule has 0 amide bonds. The largest absolute Gasteiger partial charge is 0.492 e. The summed E-state index contributed by atoms with van der Waals surface area (Å²) < 4.78 is 11.5. The molecular weight excluding hydrogens is 360 g/mol. The van der Waals surface area contributed by atoms with Crippen molar-refractivity contribution in [2.24, 2.45) is 0 Å². The van der Waals surface area contributed by atoms with Gasteiger partial charge in [0.25, 0.3) is 0 Å². The topological polar surface area (TPSA) is 51.1 Å². The van der Waals surface area contributed by atoms with E-state index in [0.29, 0.717) is 6.61 Å². The van der Waals surface area contributed by atoms with E-state index < -0.39 is 0 Å². The van der Waals surface area contributed by atoms with Gasteiger partial charge in [0.1, 0.15) is 11.4 Å². The fraction of sp³-hybridized carbons (Fsp3) is 0.0800. The standard InChI is InChI=1S/C25H20N2O2/c1-2-28-21-15-9-14-19-23(18-12-7-4-8-13-18)25(26-24(19)21)20-16-22(29-27-20)17-10-5-3-6-11-17/h3-16,26H,2H2,1H3. The molecule has 0 spiro atoms. The summed E-state index contributed by atoms with van der Waals surface area (Å²) in [5, 5.41) is 5.47. The van der Waals surface area contributed by atoms with E-state index in [9.17, 15) is 0 Å². The van der Waals surface area contributed by atoms with Gasteiger partial charge in [-0.3, -0.25) is 0 Å². The average Bonchev–Trinajstić information content (AvgIpc) is 3.41. The maximum absolute atomic E-state index is 5.86. The number of fused-ring (bicyclic) bond motifs is 1. The molecule has 0 radical (unpaired) electrons. The van der Waals surface area contributed by atoms with Crippen LogP contribution < -0.4 is 4.74 Å². The number of rotatable bonds is 5. The highest BCUT2D eigenvalue weighted by Crippen LogP contribution is 2.41. The van der Waals surface area contributed by atoms with E-state index >= 15 is 0 Å². The van der Waals surface area contributed by atoms with Gasteiger partial charge in [-0.25, -0.2) is 0 Å². The fourth-order valence-electron chi connectivity index (χ4n) is 3.69. The molecule has 5 aromatic rings. The summed E-state index contributed by atoms with van der Waals surface area (Å²) in [4.78, 5) is 3.55. The van der Waals surface area contributed by atoms with Crippen molar-refractivity contribution < 1.29 is 9.26 Å². The monoisotopic (exact) mass is 380 g/mol. The summed E-state index contributed by atoms with van der Waals surface area (Å²) in [6.45, 7) is 2.60. The van der Waals surface area contributed by atoms with Gasteiger partial charge in [0.15, 0.2) is 5.76 Å². The first kappa shape index (κ1) is 17.3. The van der Waals surface area contributed by atoms with E-state index in [0.717, 1.165) is 50.5 Å². The Morgan fingerprint density at radius 2 is 1.59 bits per heavy atom. The van der Waals surface area contributed by atoms with Crippen molar-refractivity contribution in [3.8, 4) is 39.6 Å². The first-order chi connectivity index (χ1) is 14.3. The Balaban J connectivity index is 1.73. The smallest absolute Gasteiger partial charge is 0.167 e. The van der Waals surface area contributed by atoms with Gasteiger partial charge < -0.3 is 14.2 Å². The molecule has 4 heteroatoms. The fourth-order valence-corrected chi connectivity index (χ4v) is 3.69. The molecule has 2 heterocycles. The summed E-state index contributed by atoms with van der Waals surface area (Å²) in [6.07, 6.45) is 0. The van der Waals surface area contributed by atoms with Crippen molar-refractivity contribution in [1.29, 1.82) is 0 Å². The highest BCUT2D eigenvalue weighted by atomic mass is 16.5. The summed E-state index contributed by atoms with van der Waals surface area (Å²) in [5.74, 6) is 1.57. The Morgan fingerprint density at radius 1 is 0.862 bits per heavy atom. The summed E-state index contributed by atoms with van der Waals surface area (Å²) in [5.41, 5.74) is 5.86. The van der Waals surface area contributed by atoms with E-state index in [1.807, 2.05) is 73.7 Å². The summed E-state index contributed by atoms with van der Waals surface area (Å²) in [7, 11) is 0. The minimum Gasteiger partial charge on any atom is -0.492 e. The maximum atomic E-state index is 5.86. The first-order valence-electron chi connectivity index (χ1n) is 9.70. The van der Waals surface area contributed by atoms with Crippen LogP contribution in [-0.2, 0) is 0 Å². The number of ether oxygens (including phenoxy) is 1. The van der Waals surface area contributed by atoms with Crippen molar-refractivity contribution in [3.63, 3.8) is 0 Å². The predicted octanol–water partition coefficient (Wildman–Crippen LogP) is 6.56. The first-order valence-corrected chi connectivity index (χ1v) is 9.70. The quantitative estimate of drug-likeness (QED) is 0.376. The number of nitrogens with zero attached hydrogens (tertiary/aromatic N) is 1. The second-order valence-corrected chi connectivity index (χ2v) is 6.80. The molecule has 0 bridgehead atoms. The molecule has 142 valence electrons. The van der Waals surface area contributed by atoms with E-state index in [4.69, 9.17) is 9.26 Å². The lowest BCUT2D eigenvalue weighted by Crippen LogP contribution is -1.91. The van der Waals surface area contributed by atoms with Crippen LogP contribution in [0.2, 0.25) is 0 Å². The van der Waals surface area contributed by atoms with Crippen LogP contribution in [0.25, 0.3) is 44.7 Å². The minimum atomic E-state index is 0.607. The van der Waals surface area contributed by atoms with Crippen molar-refractivity contribution in [1.82, 2.24) is 10.1 Å². The zero-order valence-electron chi connectivity index (χ0n) is 16.1. The maximum Gasteiger partial charge on any atom is 0.167 e. The molecule has 2 aromatic heterocycles. The molecule has 4 nitrogen and oxygen atoms in total. The molecule has 5 rings (SSSR count). The van der Waals surface area contributed by atoms with E-state index in [1.54, 1.807) is 0 Å². The average molecular weight is 380 g/mol. The number of para-hydroxylation sites is 1. The van der Waals surface area contributed by atoms with E-state index in [-0.39, 0.29) is 0 Å². The number of aromatic amines is 1. The third-order valence-corrected chi connectivity index (χ3v) is 4.98. The lowest BCUT2D eigenvalue weighted by atomic mass is 10.00. The number of benzene rings is 3. The Labute approximate surface area is 168 Å². The van der Waals surface area contributed by atoms with Crippen LogP contribution in [0.4, 0.5) is 0 Å². The molecule has 0 aliphatic heterocycles. The van der Waals surface area contributed by atoms with E-state index in [1.165, 1.54) is 0 Å². The van der Waals surface area contributed by atoms with Gasteiger partial charge in [0.2, 0.25) is 0 Å². The van der Waals surface area contributed by atoms with Crippen molar-refractivity contribution in [2.45, 2.75) is 6.92 Å². The third kappa shape index (κ3) is 3.09. The number of hydrogen-bond acceptors (Lipinski definition) is 3. The number of nitrogens with one attached hydrogen (secondary N) is 1. The predicted molar refractivity (Wildman–Crippen MR) is 116 cm³/mol. The molecule has 0 atom stereocenters. The molecule has 0 saturated heterocycles. The molecular formula is C25H20N2O2. The Bertz CT molecular complexity index is 1250. The molecule has 0 unspecified atom stereocenters. The van der Waals surface area contributed by atoms with Crippen LogP contribution in [0.3, 0.4) is 0 Å². The van der Waals surface area contributed by atoms with Crippen molar-refractivity contribution in [3.05, 3.63) is 84.9 Å². The lowest BCUT2D eigenvalue weighted by Gasteiger charge is -2.05. The molecule has 0 aliphatic rings. The Hall–Kier alpha value is -3.79. The van der Waals surface area contributed by atoms with Crippen LogP contribution >= 0.6 is 0 Å². The molecule has 3 aromatic carbocycles. The summed E-state index contributed by atoms with van der Waals surface area (Å²) in [6, 6.07) is 28.4. The molecule has 1 N–H and O–H groups in total. The van der Waals surface area contributed by atoms with Gasteiger partial charge in [0, 0.05) is 22.6 Å². The Kier molecular flexibility index (Phi) is 4.37. The molecule has 0 fully saturated rings. The SMILES string of the molecule is CCOc1cccc2c(-c3ccccc3)c(-c3cc(-c4ccccc4)on3)[nH]c12. The van der Waals surface area contributed by atoms with Gasteiger partial charge in [-0.1, -0.05) is 78.0 Å². The minimum absolute atomic E-state index is 0.607. The highest BCUT2D eigenvalue weighted by Gasteiger charge is 2.20. The molecule has 0 aliphatic carbocycles. The van der Waals surface area contributed by atoms with Gasteiger partial charge in [-0.15, -0.1) is 0 Å². The second kappa shape index (κ2) is 7.32. The van der Waals surface area contributed by atoms with Gasteiger partial charge in [0.05, 0.1) is 17.8 Å². The second-order valence-electron chi connectivity index (χ2n) is 6.80. The van der Waals surface area contributed by atoms with Crippen LogP contribution in [0.1, 0.15) is 6.92 Å². The van der Waals surface area contributed by atoms with Crippen LogP contribution in [-0.4, -0.2) is 16.7 Å². The molecule has 0 saturated carbocycles. The number of aromatic nitrogens is 2. The molecule has 29 heavy (non-hydrogen) atoms. The third-order valence-electron chi connectivity index (χ3n) is 4.98. The lowest BCUT2D eigenvalue weighted by molar-refractivity contribution is 0.344. The van der Waals surface area contributed by atoms with Crippen LogP contribution in [0, 0.1) is 0 Å². The van der Waals surface area contributed by atoms with Gasteiger partial charge in [-0.05, 0) is 18.6 Å². The van der Waals surface area contributed by atoms with Gasteiger partial charge >= 0.3 is 0 Å². The zero-order chi connectivity index (χ0) is 19.6. The number of H-pyrrole nitrogens is 1. The van der Waals surface area contributed by atoms with Gasteiger partial charge in [-0.2, -0.15) is 0 Å². The van der Waals surface area contributed by atoms with Crippen LogP contribution in [0.15, 0.2) is 89.5 Å². The van der Waals surface area contributed by atoms with Crippen molar-refractivity contribution in [2.75, 3.05) is 6.61 Å². The summed E-state index contributed by atoms with van der Waals surface area (Å²) >= 11 is 0. The Morgan fingerprint density at radius 3 is 2.31 bits per heavy atom. The normalized spacial score (nSPS) is 11.1. The van der Waals surface area contributed by atoms with Crippen molar-refractivity contribution >= 4 is 10.9 Å².